The van der Waals surface area contributed by atoms with Gasteiger partial charge in [0.1, 0.15) is 0 Å². The second-order valence-electron chi connectivity index (χ2n) is 3.45. The van der Waals surface area contributed by atoms with Crippen molar-refractivity contribution < 1.29 is 4.74 Å². The van der Waals surface area contributed by atoms with E-state index in [0.29, 0.717) is 12.6 Å². The molecule has 1 N–H and O–H groups in total. The summed E-state index contributed by atoms with van der Waals surface area (Å²) in [5.74, 6) is 0.742. The van der Waals surface area contributed by atoms with Crippen LogP contribution in [-0.2, 0) is 6.42 Å². The minimum Gasteiger partial charge on any atom is -0.463 e. The van der Waals surface area contributed by atoms with Crippen LogP contribution in [0.5, 0.6) is 6.01 Å². The van der Waals surface area contributed by atoms with E-state index in [4.69, 9.17) is 4.74 Å². The molecule has 4 heteroatoms. The van der Waals surface area contributed by atoms with Crippen LogP contribution in [0, 0.1) is 0 Å². The fourth-order valence-electron chi connectivity index (χ4n) is 1.47. The van der Waals surface area contributed by atoms with Crippen LogP contribution in [0.25, 0.3) is 11.4 Å². The lowest BCUT2D eigenvalue weighted by Gasteiger charge is -1.98. The lowest BCUT2D eigenvalue weighted by molar-refractivity contribution is 0.314. The minimum atomic E-state index is 0.400. The molecule has 0 bridgehead atoms. The van der Waals surface area contributed by atoms with Gasteiger partial charge in [-0.2, -0.15) is 4.98 Å². The molecule has 16 heavy (non-hydrogen) atoms. The molecule has 0 amide bonds. The molecule has 0 unspecified atom stereocenters. The van der Waals surface area contributed by atoms with Gasteiger partial charge in [-0.3, -0.25) is 5.10 Å². The third kappa shape index (κ3) is 2.21. The Kier molecular flexibility index (Phi) is 3.19. The quantitative estimate of drug-likeness (QED) is 0.855. The number of aromatic nitrogens is 3. The zero-order valence-electron chi connectivity index (χ0n) is 9.53. The van der Waals surface area contributed by atoms with Crippen LogP contribution >= 0.6 is 0 Å². The topological polar surface area (TPSA) is 50.8 Å². The third-order valence-electron chi connectivity index (χ3n) is 2.37. The van der Waals surface area contributed by atoms with Crippen molar-refractivity contribution in [1.82, 2.24) is 15.2 Å². The molecule has 0 atom stereocenters. The summed E-state index contributed by atoms with van der Waals surface area (Å²) in [6, 6.07) is 8.66. The number of rotatable bonds is 4. The summed E-state index contributed by atoms with van der Waals surface area (Å²) in [5, 5.41) is 6.82. The van der Waals surface area contributed by atoms with Crippen molar-refractivity contribution in [2.24, 2.45) is 0 Å². The molecule has 1 aromatic heterocycles. The van der Waals surface area contributed by atoms with E-state index in [1.165, 1.54) is 5.56 Å². The molecule has 2 aromatic rings. The summed E-state index contributed by atoms with van der Waals surface area (Å²) in [6.07, 6.45) is 1.04. The average molecular weight is 217 g/mol. The summed E-state index contributed by atoms with van der Waals surface area (Å²) in [7, 11) is 0. The Bertz CT molecular complexity index is 448. The van der Waals surface area contributed by atoms with Gasteiger partial charge in [0.05, 0.1) is 6.61 Å². The van der Waals surface area contributed by atoms with Crippen molar-refractivity contribution in [1.29, 1.82) is 0 Å². The van der Waals surface area contributed by atoms with E-state index < -0.39 is 0 Å². The maximum atomic E-state index is 5.20. The lowest BCUT2D eigenvalue weighted by Crippen LogP contribution is -1.92. The average Bonchev–Trinajstić information content (AvgIpc) is 2.78. The number of aryl methyl sites for hydroxylation is 1. The molecule has 0 saturated carbocycles. The Morgan fingerprint density at radius 1 is 1.19 bits per heavy atom. The van der Waals surface area contributed by atoms with Gasteiger partial charge in [-0.05, 0) is 18.9 Å². The fraction of sp³-hybridized carbons (Fsp3) is 0.333. The molecule has 0 spiro atoms. The Morgan fingerprint density at radius 3 is 2.56 bits per heavy atom. The van der Waals surface area contributed by atoms with Crippen molar-refractivity contribution in [2.75, 3.05) is 6.61 Å². The van der Waals surface area contributed by atoms with E-state index in [9.17, 15) is 0 Å². The number of ether oxygens (including phenoxy) is 1. The van der Waals surface area contributed by atoms with Crippen LogP contribution in [-0.4, -0.2) is 21.8 Å². The molecular formula is C12H15N3O. The van der Waals surface area contributed by atoms with Gasteiger partial charge in [0.2, 0.25) is 0 Å². The highest BCUT2D eigenvalue weighted by atomic mass is 16.5. The van der Waals surface area contributed by atoms with Crippen LogP contribution in [0.2, 0.25) is 0 Å². The molecule has 1 heterocycles. The molecule has 0 saturated heterocycles. The highest BCUT2D eigenvalue weighted by molar-refractivity contribution is 5.55. The molecule has 0 fully saturated rings. The van der Waals surface area contributed by atoms with Crippen LogP contribution in [0.4, 0.5) is 0 Å². The van der Waals surface area contributed by atoms with Crippen molar-refractivity contribution >= 4 is 0 Å². The van der Waals surface area contributed by atoms with Gasteiger partial charge in [-0.25, -0.2) is 0 Å². The number of nitrogens with one attached hydrogen (secondary N) is 1. The minimum absolute atomic E-state index is 0.400. The van der Waals surface area contributed by atoms with Gasteiger partial charge in [-0.1, -0.05) is 31.2 Å². The van der Waals surface area contributed by atoms with Gasteiger partial charge in [0.25, 0.3) is 0 Å². The van der Waals surface area contributed by atoms with Crippen molar-refractivity contribution in [3.63, 3.8) is 0 Å². The zero-order chi connectivity index (χ0) is 11.4. The summed E-state index contributed by atoms with van der Waals surface area (Å²) in [4.78, 5) is 4.24. The van der Waals surface area contributed by atoms with Gasteiger partial charge in [0, 0.05) is 5.56 Å². The number of nitrogens with zero attached hydrogens (tertiary/aromatic N) is 2. The van der Waals surface area contributed by atoms with E-state index in [0.717, 1.165) is 17.8 Å². The molecule has 0 radical (unpaired) electrons. The van der Waals surface area contributed by atoms with E-state index in [-0.39, 0.29) is 0 Å². The fourth-order valence-corrected chi connectivity index (χ4v) is 1.47. The molecule has 84 valence electrons. The zero-order valence-corrected chi connectivity index (χ0v) is 9.53. The first-order valence-electron chi connectivity index (χ1n) is 5.48. The third-order valence-corrected chi connectivity index (χ3v) is 2.37. The van der Waals surface area contributed by atoms with Crippen LogP contribution in [0.1, 0.15) is 19.4 Å². The molecule has 1 aromatic carbocycles. The van der Waals surface area contributed by atoms with Crippen molar-refractivity contribution in [3.05, 3.63) is 29.8 Å². The number of hydrogen-bond donors (Lipinski definition) is 1. The number of aromatic amines is 1. The van der Waals surface area contributed by atoms with Crippen LogP contribution in [0.3, 0.4) is 0 Å². The maximum absolute atomic E-state index is 5.20. The van der Waals surface area contributed by atoms with E-state index >= 15 is 0 Å². The molecule has 0 aliphatic rings. The van der Waals surface area contributed by atoms with Gasteiger partial charge >= 0.3 is 6.01 Å². The summed E-state index contributed by atoms with van der Waals surface area (Å²) < 4.78 is 5.20. The highest BCUT2D eigenvalue weighted by Crippen LogP contribution is 2.17. The number of H-pyrrole nitrogens is 1. The van der Waals surface area contributed by atoms with Crippen LogP contribution < -0.4 is 4.74 Å². The Morgan fingerprint density at radius 2 is 1.94 bits per heavy atom. The summed E-state index contributed by atoms with van der Waals surface area (Å²) in [6.45, 7) is 4.62. The lowest BCUT2D eigenvalue weighted by atomic mass is 10.1. The molecular weight excluding hydrogens is 202 g/mol. The Balaban J connectivity index is 2.21. The van der Waals surface area contributed by atoms with Crippen molar-refractivity contribution in [2.45, 2.75) is 20.3 Å². The number of hydrogen-bond acceptors (Lipinski definition) is 3. The molecule has 0 aliphatic carbocycles. The Labute approximate surface area is 94.7 Å². The molecule has 2 rings (SSSR count). The molecule has 4 nitrogen and oxygen atoms in total. The predicted octanol–water partition coefficient (Wildman–Crippen LogP) is 2.43. The maximum Gasteiger partial charge on any atom is 0.335 e. The predicted molar refractivity (Wildman–Crippen MR) is 62.4 cm³/mol. The number of benzene rings is 1. The second kappa shape index (κ2) is 4.79. The summed E-state index contributed by atoms with van der Waals surface area (Å²) in [5.41, 5.74) is 2.34. The second-order valence-corrected chi connectivity index (χ2v) is 3.45. The van der Waals surface area contributed by atoms with Gasteiger partial charge < -0.3 is 4.74 Å². The first kappa shape index (κ1) is 10.7. The first-order chi connectivity index (χ1) is 7.83. The first-order valence-corrected chi connectivity index (χ1v) is 5.48. The largest absolute Gasteiger partial charge is 0.463 e. The van der Waals surface area contributed by atoms with E-state index in [1.54, 1.807) is 0 Å². The van der Waals surface area contributed by atoms with E-state index in [1.807, 2.05) is 19.1 Å². The van der Waals surface area contributed by atoms with Crippen LogP contribution in [0.15, 0.2) is 24.3 Å². The van der Waals surface area contributed by atoms with Crippen molar-refractivity contribution in [3.8, 4) is 17.4 Å². The normalized spacial score (nSPS) is 10.4. The van der Waals surface area contributed by atoms with Gasteiger partial charge in [-0.15, -0.1) is 5.10 Å². The monoisotopic (exact) mass is 217 g/mol. The van der Waals surface area contributed by atoms with E-state index in [2.05, 4.69) is 34.2 Å². The summed E-state index contributed by atoms with van der Waals surface area (Å²) >= 11 is 0. The molecule has 0 aliphatic heterocycles. The SMILES string of the molecule is CCOc1n[nH]c(-c2ccc(CC)cc2)n1. The highest BCUT2D eigenvalue weighted by Gasteiger charge is 2.05. The van der Waals surface area contributed by atoms with Gasteiger partial charge in [0.15, 0.2) is 5.82 Å². The smallest absolute Gasteiger partial charge is 0.335 e. The Hall–Kier alpha value is -1.84. The standard InChI is InChI=1S/C12H15N3O/c1-3-9-5-7-10(8-6-9)11-13-12(15-14-11)16-4-2/h5-8H,3-4H2,1-2H3,(H,13,14,15).